The molecule has 2 aromatic rings. The molecule has 168 valence electrons. The van der Waals surface area contributed by atoms with Crippen molar-refractivity contribution in [3.05, 3.63) is 47.7 Å². The fraction of sp³-hybridized carbons (Fsp3) is 0.591. The summed E-state index contributed by atoms with van der Waals surface area (Å²) in [7, 11) is -3.32. The van der Waals surface area contributed by atoms with Crippen molar-refractivity contribution in [1.82, 2.24) is 19.4 Å². The number of carbonyl (C=O) groups is 1. The summed E-state index contributed by atoms with van der Waals surface area (Å²) in [4.78, 5) is 14.5. The minimum atomic E-state index is -3.32. The number of hydrogen-bond donors (Lipinski definition) is 0. The third-order valence-electron chi connectivity index (χ3n) is 6.31. The molecule has 31 heavy (non-hydrogen) atoms. The third-order valence-corrected chi connectivity index (χ3v) is 8.19. The van der Waals surface area contributed by atoms with Gasteiger partial charge in [-0.1, -0.05) is 36.8 Å². The van der Waals surface area contributed by atoms with Crippen LogP contribution in [0.1, 0.15) is 68.3 Å². The van der Waals surface area contributed by atoms with E-state index in [9.17, 15) is 13.2 Å². The SMILES string of the molecule is CCS(=O)(=O)N1CCCCC1c1nnc(C2CCN(C(=O)Cc3ccccc3)CC2)o1. The highest BCUT2D eigenvalue weighted by Gasteiger charge is 2.36. The van der Waals surface area contributed by atoms with E-state index in [-0.39, 0.29) is 23.6 Å². The van der Waals surface area contributed by atoms with Gasteiger partial charge in [0.05, 0.1) is 12.2 Å². The van der Waals surface area contributed by atoms with Crippen LogP contribution in [0.25, 0.3) is 0 Å². The summed E-state index contributed by atoms with van der Waals surface area (Å²) in [6.45, 7) is 3.48. The van der Waals surface area contributed by atoms with Crippen LogP contribution in [0, 0.1) is 0 Å². The van der Waals surface area contributed by atoms with E-state index in [0.717, 1.165) is 31.2 Å². The van der Waals surface area contributed by atoms with Gasteiger partial charge in [-0.2, -0.15) is 4.31 Å². The van der Waals surface area contributed by atoms with Crippen LogP contribution in [-0.4, -0.2) is 59.1 Å². The maximum absolute atomic E-state index is 12.6. The Morgan fingerprint density at radius 1 is 1.03 bits per heavy atom. The van der Waals surface area contributed by atoms with Crippen LogP contribution in [0.15, 0.2) is 34.7 Å². The first-order valence-corrected chi connectivity index (χ1v) is 12.7. The van der Waals surface area contributed by atoms with E-state index in [1.807, 2.05) is 35.2 Å². The van der Waals surface area contributed by atoms with Gasteiger partial charge in [-0.15, -0.1) is 10.2 Å². The van der Waals surface area contributed by atoms with Crippen LogP contribution in [0.4, 0.5) is 0 Å². The Morgan fingerprint density at radius 3 is 2.45 bits per heavy atom. The molecule has 2 saturated heterocycles. The monoisotopic (exact) mass is 446 g/mol. The van der Waals surface area contributed by atoms with Crippen LogP contribution >= 0.6 is 0 Å². The summed E-state index contributed by atoms with van der Waals surface area (Å²) in [5.41, 5.74) is 1.02. The molecule has 2 fully saturated rings. The van der Waals surface area contributed by atoms with E-state index in [1.54, 1.807) is 6.92 Å². The summed E-state index contributed by atoms with van der Waals surface area (Å²) in [6, 6.07) is 9.41. The van der Waals surface area contributed by atoms with Gasteiger partial charge < -0.3 is 9.32 Å². The van der Waals surface area contributed by atoms with E-state index in [4.69, 9.17) is 4.42 Å². The number of nitrogens with zero attached hydrogens (tertiary/aromatic N) is 4. The maximum Gasteiger partial charge on any atom is 0.234 e. The number of amides is 1. The minimum absolute atomic E-state index is 0.0694. The van der Waals surface area contributed by atoms with E-state index in [0.29, 0.717) is 44.3 Å². The summed E-state index contributed by atoms with van der Waals surface area (Å²) in [5, 5.41) is 8.47. The normalized spacial score (nSPS) is 21.3. The number of carbonyl (C=O) groups excluding carboxylic acids is 1. The number of aromatic nitrogens is 2. The first-order valence-electron chi connectivity index (χ1n) is 11.1. The van der Waals surface area contributed by atoms with E-state index in [2.05, 4.69) is 10.2 Å². The molecule has 1 amide bonds. The molecule has 1 unspecified atom stereocenters. The summed E-state index contributed by atoms with van der Waals surface area (Å²) >= 11 is 0. The van der Waals surface area contributed by atoms with Crippen molar-refractivity contribution in [3.8, 4) is 0 Å². The van der Waals surface area contributed by atoms with Crippen molar-refractivity contribution in [3.63, 3.8) is 0 Å². The third kappa shape index (κ3) is 4.98. The van der Waals surface area contributed by atoms with Crippen LogP contribution in [0.2, 0.25) is 0 Å². The Kier molecular flexibility index (Phi) is 6.71. The summed E-state index contributed by atoms with van der Waals surface area (Å²) < 4.78 is 32.5. The molecular weight excluding hydrogens is 416 g/mol. The molecule has 1 aromatic heterocycles. The molecule has 2 aliphatic rings. The van der Waals surface area contributed by atoms with Gasteiger partial charge in [0.25, 0.3) is 0 Å². The van der Waals surface area contributed by atoms with Gasteiger partial charge >= 0.3 is 0 Å². The number of sulfonamides is 1. The molecule has 0 aliphatic carbocycles. The van der Waals surface area contributed by atoms with Crippen LogP contribution < -0.4 is 0 Å². The average molecular weight is 447 g/mol. The highest BCUT2D eigenvalue weighted by atomic mass is 32.2. The molecule has 3 heterocycles. The fourth-order valence-corrected chi connectivity index (χ4v) is 5.78. The lowest BCUT2D eigenvalue weighted by Crippen LogP contribution is -2.39. The quantitative estimate of drug-likeness (QED) is 0.677. The Bertz CT molecular complexity index is 984. The van der Waals surface area contributed by atoms with Crippen LogP contribution in [-0.2, 0) is 21.2 Å². The lowest BCUT2D eigenvalue weighted by Gasteiger charge is -2.32. The van der Waals surface area contributed by atoms with Gasteiger partial charge in [0.15, 0.2) is 0 Å². The van der Waals surface area contributed by atoms with Crippen molar-refractivity contribution < 1.29 is 17.6 Å². The molecule has 0 radical (unpaired) electrons. The Balaban J connectivity index is 1.37. The number of rotatable bonds is 6. The number of benzene rings is 1. The van der Waals surface area contributed by atoms with Crippen molar-refractivity contribution in [2.45, 2.75) is 57.4 Å². The van der Waals surface area contributed by atoms with Gasteiger partial charge in [-0.05, 0) is 38.2 Å². The molecule has 0 N–H and O–H groups in total. The van der Waals surface area contributed by atoms with Crippen molar-refractivity contribution in [1.29, 1.82) is 0 Å². The average Bonchev–Trinajstić information content (AvgIpc) is 3.30. The van der Waals surface area contributed by atoms with Crippen molar-refractivity contribution in [2.24, 2.45) is 0 Å². The topological polar surface area (TPSA) is 96.6 Å². The van der Waals surface area contributed by atoms with Crippen LogP contribution in [0.3, 0.4) is 0 Å². The second-order valence-electron chi connectivity index (χ2n) is 8.32. The van der Waals surface area contributed by atoms with Crippen LogP contribution in [0.5, 0.6) is 0 Å². The largest absolute Gasteiger partial charge is 0.423 e. The zero-order valence-corrected chi connectivity index (χ0v) is 18.8. The highest BCUT2D eigenvalue weighted by Crippen LogP contribution is 2.35. The highest BCUT2D eigenvalue weighted by molar-refractivity contribution is 7.89. The molecule has 1 aromatic carbocycles. The molecule has 8 nitrogen and oxygen atoms in total. The molecule has 0 bridgehead atoms. The molecular formula is C22H30N4O4S. The molecule has 4 rings (SSSR count). The molecule has 0 spiro atoms. The predicted octanol–water partition coefficient (Wildman–Crippen LogP) is 2.90. The van der Waals surface area contributed by atoms with E-state index < -0.39 is 10.0 Å². The Morgan fingerprint density at radius 2 is 1.74 bits per heavy atom. The number of likely N-dealkylation sites (tertiary alicyclic amines) is 1. The fourth-order valence-electron chi connectivity index (χ4n) is 4.45. The van der Waals surface area contributed by atoms with Gasteiger partial charge in [-0.25, -0.2) is 8.42 Å². The standard InChI is InChI=1S/C22H30N4O4S/c1-2-31(28,29)26-13-7-6-10-19(26)22-24-23-21(30-22)18-11-14-25(15-12-18)20(27)16-17-8-4-3-5-9-17/h3-5,8-9,18-19H,2,6-7,10-16H2,1H3. The molecule has 2 aliphatic heterocycles. The van der Waals surface area contributed by atoms with Crippen molar-refractivity contribution in [2.75, 3.05) is 25.4 Å². The van der Waals surface area contributed by atoms with E-state index >= 15 is 0 Å². The molecule has 0 saturated carbocycles. The summed E-state index contributed by atoms with van der Waals surface area (Å²) in [5.74, 6) is 1.26. The smallest absolute Gasteiger partial charge is 0.234 e. The lowest BCUT2D eigenvalue weighted by molar-refractivity contribution is -0.131. The maximum atomic E-state index is 12.6. The molecule has 1 atom stereocenters. The van der Waals surface area contributed by atoms with Gasteiger partial charge in [0.1, 0.15) is 6.04 Å². The second-order valence-corrected chi connectivity index (χ2v) is 10.5. The van der Waals surface area contributed by atoms with Gasteiger partial charge in [0, 0.05) is 25.6 Å². The number of piperidine rings is 2. The first-order chi connectivity index (χ1) is 15.0. The van der Waals surface area contributed by atoms with Gasteiger partial charge in [0.2, 0.25) is 27.7 Å². The minimum Gasteiger partial charge on any atom is -0.423 e. The van der Waals surface area contributed by atoms with Gasteiger partial charge in [-0.3, -0.25) is 4.79 Å². The zero-order chi connectivity index (χ0) is 21.8. The second kappa shape index (κ2) is 9.48. The number of hydrogen-bond acceptors (Lipinski definition) is 6. The molecule has 9 heteroatoms. The predicted molar refractivity (Wildman–Crippen MR) is 116 cm³/mol. The lowest BCUT2D eigenvalue weighted by atomic mass is 9.96. The first kappa shape index (κ1) is 22.0. The Hall–Kier alpha value is -2.26. The summed E-state index contributed by atoms with van der Waals surface area (Å²) in [6.07, 6.45) is 4.45. The van der Waals surface area contributed by atoms with Crippen molar-refractivity contribution >= 4 is 15.9 Å². The Labute approximate surface area is 183 Å². The zero-order valence-electron chi connectivity index (χ0n) is 17.9. The van der Waals surface area contributed by atoms with E-state index in [1.165, 1.54) is 4.31 Å².